The normalized spacial score (nSPS) is 18.0. The van der Waals surface area contributed by atoms with E-state index >= 15 is 0 Å². The van der Waals surface area contributed by atoms with Crippen molar-refractivity contribution in [3.8, 4) is 11.5 Å². The van der Waals surface area contributed by atoms with Gasteiger partial charge in [0.15, 0.2) is 11.5 Å². The van der Waals surface area contributed by atoms with Crippen LogP contribution >= 0.6 is 0 Å². The fourth-order valence-corrected chi connectivity index (χ4v) is 3.64. The summed E-state index contributed by atoms with van der Waals surface area (Å²) in [6.07, 6.45) is 4.67. The number of allylic oxidation sites excluding steroid dienone is 1. The van der Waals surface area contributed by atoms with Gasteiger partial charge in [0, 0.05) is 30.9 Å². The summed E-state index contributed by atoms with van der Waals surface area (Å²) in [6, 6.07) is 10.1. The molecule has 4 rings (SSSR count). The summed E-state index contributed by atoms with van der Waals surface area (Å²) in [7, 11) is 0. The number of nitrogens with one attached hydrogen (secondary N) is 1. The van der Waals surface area contributed by atoms with E-state index < -0.39 is 0 Å². The molecule has 0 spiro atoms. The van der Waals surface area contributed by atoms with Gasteiger partial charge >= 0.3 is 0 Å². The summed E-state index contributed by atoms with van der Waals surface area (Å²) in [4.78, 5) is 12.0. The van der Waals surface area contributed by atoms with Gasteiger partial charge in [-0.2, -0.15) is 0 Å². The van der Waals surface area contributed by atoms with E-state index in [1.807, 2.05) is 22.8 Å². The minimum Gasteiger partial charge on any atom is -0.454 e. The van der Waals surface area contributed by atoms with Crippen LogP contribution in [0.2, 0.25) is 0 Å². The Labute approximate surface area is 146 Å². The van der Waals surface area contributed by atoms with Crippen molar-refractivity contribution < 1.29 is 9.47 Å². The highest BCUT2D eigenvalue weighted by Gasteiger charge is 2.21. The lowest BCUT2D eigenvalue weighted by Crippen LogP contribution is -2.37. The van der Waals surface area contributed by atoms with Crippen molar-refractivity contribution in [2.24, 2.45) is 0 Å². The fourth-order valence-electron chi connectivity index (χ4n) is 3.64. The molecule has 1 N–H and O–H groups in total. The van der Waals surface area contributed by atoms with E-state index in [-0.39, 0.29) is 5.56 Å². The lowest BCUT2D eigenvalue weighted by atomic mass is 9.91. The van der Waals surface area contributed by atoms with Crippen molar-refractivity contribution in [3.05, 3.63) is 70.2 Å². The van der Waals surface area contributed by atoms with E-state index in [4.69, 9.17) is 9.47 Å². The van der Waals surface area contributed by atoms with Gasteiger partial charge < -0.3 is 19.4 Å². The third-order valence-corrected chi connectivity index (χ3v) is 4.93. The molecule has 2 aliphatic rings. The van der Waals surface area contributed by atoms with E-state index in [9.17, 15) is 4.79 Å². The number of hydrogen-bond donors (Lipinski definition) is 1. The molecule has 0 saturated heterocycles. The summed E-state index contributed by atoms with van der Waals surface area (Å²) >= 11 is 0. The predicted octanol–water partition coefficient (Wildman–Crippen LogP) is 2.41. The first-order valence-electron chi connectivity index (χ1n) is 8.69. The fraction of sp³-hybridized carbons (Fsp3) is 0.350. The van der Waals surface area contributed by atoms with Gasteiger partial charge in [0.25, 0.3) is 5.56 Å². The monoisotopic (exact) mass is 338 g/mol. The van der Waals surface area contributed by atoms with Gasteiger partial charge in [-0.05, 0) is 42.5 Å². The van der Waals surface area contributed by atoms with Crippen molar-refractivity contribution >= 4 is 0 Å². The van der Waals surface area contributed by atoms with E-state index in [2.05, 4.69) is 18.0 Å². The zero-order valence-electron chi connectivity index (χ0n) is 14.2. The summed E-state index contributed by atoms with van der Waals surface area (Å²) in [5.74, 6) is 1.64. The predicted molar refractivity (Wildman–Crippen MR) is 96.1 cm³/mol. The number of pyridine rings is 1. The SMILES string of the molecule is C=CCn1c2c(ccc1=O)C[C@@H](NCc1ccc3c(c1)OCO3)CC2. The highest BCUT2D eigenvalue weighted by Crippen LogP contribution is 2.32. The summed E-state index contributed by atoms with van der Waals surface area (Å²) in [5.41, 5.74) is 3.67. The van der Waals surface area contributed by atoms with Crippen molar-refractivity contribution in [3.63, 3.8) is 0 Å². The number of aromatic nitrogens is 1. The van der Waals surface area contributed by atoms with E-state index in [1.165, 1.54) is 11.1 Å². The zero-order chi connectivity index (χ0) is 17.2. The first kappa shape index (κ1) is 16.0. The summed E-state index contributed by atoms with van der Waals surface area (Å²) in [5, 5.41) is 3.63. The molecule has 0 saturated carbocycles. The topological polar surface area (TPSA) is 52.5 Å². The quantitative estimate of drug-likeness (QED) is 0.851. The van der Waals surface area contributed by atoms with Crippen LogP contribution in [-0.4, -0.2) is 17.4 Å². The Morgan fingerprint density at radius 1 is 1.24 bits per heavy atom. The molecule has 0 bridgehead atoms. The number of hydrogen-bond acceptors (Lipinski definition) is 4. The molecule has 130 valence electrons. The molecule has 1 aliphatic heterocycles. The van der Waals surface area contributed by atoms with Gasteiger partial charge in [0.05, 0.1) is 0 Å². The van der Waals surface area contributed by atoms with Crippen molar-refractivity contribution in [1.82, 2.24) is 9.88 Å². The Balaban J connectivity index is 1.43. The molecule has 0 unspecified atom stereocenters. The van der Waals surface area contributed by atoms with Crippen LogP contribution in [0.25, 0.3) is 0 Å². The van der Waals surface area contributed by atoms with Crippen LogP contribution < -0.4 is 20.3 Å². The lowest BCUT2D eigenvalue weighted by molar-refractivity contribution is 0.174. The maximum Gasteiger partial charge on any atom is 0.251 e. The minimum absolute atomic E-state index is 0.0606. The molecule has 5 nitrogen and oxygen atoms in total. The van der Waals surface area contributed by atoms with Crippen molar-refractivity contribution in [1.29, 1.82) is 0 Å². The lowest BCUT2D eigenvalue weighted by Gasteiger charge is -2.27. The Bertz CT molecular complexity index is 857. The molecule has 2 heterocycles. The Morgan fingerprint density at radius 3 is 3.00 bits per heavy atom. The second-order valence-corrected chi connectivity index (χ2v) is 6.55. The first-order chi connectivity index (χ1) is 12.2. The molecule has 1 aromatic carbocycles. The molecule has 5 heteroatoms. The molecule has 0 radical (unpaired) electrons. The summed E-state index contributed by atoms with van der Waals surface area (Å²) in [6.45, 7) is 5.44. The average Bonchev–Trinajstić information content (AvgIpc) is 3.10. The molecule has 1 aliphatic carbocycles. The Hall–Kier alpha value is -2.53. The van der Waals surface area contributed by atoms with Crippen LogP contribution in [-0.2, 0) is 25.9 Å². The van der Waals surface area contributed by atoms with Crippen LogP contribution in [0.15, 0.2) is 47.8 Å². The maximum absolute atomic E-state index is 12.0. The number of benzene rings is 1. The number of rotatable bonds is 5. The zero-order valence-corrected chi connectivity index (χ0v) is 14.2. The smallest absolute Gasteiger partial charge is 0.251 e. The van der Waals surface area contributed by atoms with Crippen LogP contribution in [0.1, 0.15) is 23.2 Å². The van der Waals surface area contributed by atoms with E-state index in [0.29, 0.717) is 19.4 Å². The second kappa shape index (κ2) is 6.76. The largest absolute Gasteiger partial charge is 0.454 e. The van der Waals surface area contributed by atoms with Crippen molar-refractivity contribution in [2.75, 3.05) is 6.79 Å². The van der Waals surface area contributed by atoms with Gasteiger partial charge in [-0.15, -0.1) is 6.58 Å². The average molecular weight is 338 g/mol. The Morgan fingerprint density at radius 2 is 2.12 bits per heavy atom. The standard InChI is InChI=1S/C20H22N2O3/c1-2-9-22-17-6-5-16(11-15(17)4-8-20(22)23)21-12-14-3-7-18-19(10-14)25-13-24-18/h2-4,7-8,10,16,21H,1,5-6,9,11-13H2/t16-/m0/s1. The molecule has 1 atom stereocenters. The molecule has 25 heavy (non-hydrogen) atoms. The molecular weight excluding hydrogens is 316 g/mol. The van der Waals surface area contributed by atoms with Crippen LogP contribution in [0.5, 0.6) is 11.5 Å². The number of nitrogens with zero attached hydrogens (tertiary/aromatic N) is 1. The van der Waals surface area contributed by atoms with Crippen molar-refractivity contribution in [2.45, 2.75) is 38.4 Å². The summed E-state index contributed by atoms with van der Waals surface area (Å²) < 4.78 is 12.6. The van der Waals surface area contributed by atoms with Gasteiger partial charge in [0.1, 0.15) is 0 Å². The minimum atomic E-state index is 0.0606. The molecule has 1 aromatic heterocycles. The number of fused-ring (bicyclic) bond motifs is 2. The number of ether oxygens (including phenoxy) is 2. The van der Waals surface area contributed by atoms with Crippen LogP contribution in [0.4, 0.5) is 0 Å². The van der Waals surface area contributed by atoms with Gasteiger partial charge in [-0.3, -0.25) is 4.79 Å². The third-order valence-electron chi connectivity index (χ3n) is 4.93. The van der Waals surface area contributed by atoms with Gasteiger partial charge in [-0.1, -0.05) is 18.2 Å². The molecule has 2 aromatic rings. The molecule has 0 amide bonds. The first-order valence-corrected chi connectivity index (χ1v) is 8.69. The van der Waals surface area contributed by atoms with E-state index in [1.54, 1.807) is 12.1 Å². The maximum atomic E-state index is 12.0. The van der Waals surface area contributed by atoms with E-state index in [0.717, 1.165) is 43.0 Å². The van der Waals surface area contributed by atoms with Crippen LogP contribution in [0, 0.1) is 0 Å². The highest BCUT2D eigenvalue weighted by atomic mass is 16.7. The molecule has 0 fully saturated rings. The highest BCUT2D eigenvalue weighted by molar-refractivity contribution is 5.44. The molecular formula is C20H22N2O3. The second-order valence-electron chi connectivity index (χ2n) is 6.55. The Kier molecular flexibility index (Phi) is 4.32. The van der Waals surface area contributed by atoms with Gasteiger partial charge in [0.2, 0.25) is 6.79 Å². The van der Waals surface area contributed by atoms with Crippen LogP contribution in [0.3, 0.4) is 0 Å². The third kappa shape index (κ3) is 3.20. The van der Waals surface area contributed by atoms with Gasteiger partial charge in [-0.25, -0.2) is 0 Å².